The Labute approximate surface area is 129 Å². The first-order chi connectivity index (χ1) is 9.69. The van der Waals surface area contributed by atoms with E-state index < -0.39 is 7.67 Å². The van der Waals surface area contributed by atoms with E-state index >= 15 is 0 Å². The predicted octanol–water partition coefficient (Wildman–Crippen LogP) is 3.54. The van der Waals surface area contributed by atoms with Crippen LogP contribution in [0.25, 0.3) is 5.76 Å². The number of nitrogens with one attached hydrogen (secondary N) is 1. The van der Waals surface area contributed by atoms with Crippen LogP contribution in [0.3, 0.4) is 0 Å². The van der Waals surface area contributed by atoms with Gasteiger partial charge in [0.05, 0.1) is 0 Å². The Morgan fingerprint density at radius 2 is 2.00 bits per heavy atom. The first-order valence-corrected chi connectivity index (χ1v) is 9.02. The maximum absolute atomic E-state index is 12.9. The monoisotopic (exact) mass is 334 g/mol. The van der Waals surface area contributed by atoms with Crippen molar-refractivity contribution in [3.8, 4) is 0 Å². The highest BCUT2D eigenvalue weighted by Gasteiger charge is 2.36. The zero-order valence-corrected chi connectivity index (χ0v) is 13.4. The summed E-state index contributed by atoms with van der Waals surface area (Å²) in [6.07, 6.45) is 1.92. The fraction of sp³-hybridized carbons (Fsp3) is 0.385. The second kappa shape index (κ2) is 7.48. The van der Waals surface area contributed by atoms with Gasteiger partial charge in [-0.25, -0.2) is 14.3 Å². The van der Waals surface area contributed by atoms with Gasteiger partial charge in [0.25, 0.3) is 0 Å². The summed E-state index contributed by atoms with van der Waals surface area (Å²) in [5, 5.41) is 2.91. The van der Waals surface area contributed by atoms with E-state index in [1.165, 1.54) is 0 Å². The molecular formula is C13H17Cl2N2O2P. The molecule has 1 aromatic rings. The first kappa shape index (κ1) is 15.9. The Bertz CT molecular complexity index is 510. The summed E-state index contributed by atoms with van der Waals surface area (Å²) in [6, 6.07) is 9.62. The van der Waals surface area contributed by atoms with Gasteiger partial charge in [0.15, 0.2) is 0 Å². The van der Waals surface area contributed by atoms with Crippen molar-refractivity contribution in [1.82, 2.24) is 9.76 Å². The van der Waals surface area contributed by atoms with Crippen LogP contribution in [0.5, 0.6) is 0 Å². The molecule has 1 heterocycles. The largest absolute Gasteiger partial charge is 0.422 e. The quantitative estimate of drug-likeness (QED) is 0.638. The van der Waals surface area contributed by atoms with Crippen LogP contribution in [0, 0.1) is 0 Å². The molecule has 0 spiro atoms. The van der Waals surface area contributed by atoms with Crippen molar-refractivity contribution >= 4 is 36.6 Å². The fourth-order valence-corrected chi connectivity index (χ4v) is 4.36. The summed E-state index contributed by atoms with van der Waals surface area (Å²) in [6.45, 7) is 1.44. The Balaban J connectivity index is 2.21. The maximum Gasteiger partial charge on any atom is 0.393 e. The van der Waals surface area contributed by atoms with Gasteiger partial charge in [-0.2, -0.15) is 0 Å². The van der Waals surface area contributed by atoms with Crippen molar-refractivity contribution in [2.45, 2.75) is 0 Å². The predicted molar refractivity (Wildman–Crippen MR) is 84.1 cm³/mol. The molecule has 0 amide bonds. The molecule has 110 valence electrons. The molecule has 0 bridgehead atoms. The second-order valence-electron chi connectivity index (χ2n) is 4.24. The van der Waals surface area contributed by atoms with Gasteiger partial charge in [-0.1, -0.05) is 30.3 Å². The third kappa shape index (κ3) is 3.78. The van der Waals surface area contributed by atoms with Gasteiger partial charge >= 0.3 is 7.67 Å². The van der Waals surface area contributed by atoms with Crippen LogP contribution in [0.1, 0.15) is 5.56 Å². The van der Waals surface area contributed by atoms with Crippen molar-refractivity contribution in [3.05, 3.63) is 42.0 Å². The minimum Gasteiger partial charge on any atom is -0.422 e. The molecule has 1 aliphatic heterocycles. The smallest absolute Gasteiger partial charge is 0.393 e. The van der Waals surface area contributed by atoms with Gasteiger partial charge in [0.2, 0.25) is 0 Å². The lowest BCUT2D eigenvalue weighted by Gasteiger charge is -2.34. The second-order valence-corrected chi connectivity index (χ2v) is 7.11. The highest BCUT2D eigenvalue weighted by atomic mass is 35.5. The van der Waals surface area contributed by atoms with E-state index in [-0.39, 0.29) is 0 Å². The highest BCUT2D eigenvalue weighted by Crippen LogP contribution is 2.52. The molecule has 0 radical (unpaired) electrons. The standard InChI is InChI=1S/C13H17Cl2N2O2P/c14-7-9-16-20(18)17(11-8-15)10-6-13(19-20)12-4-2-1-3-5-12/h1-6H,7-11H2,(H,16,18)/t20-/m0/s1. The minimum atomic E-state index is -3.13. The van der Waals surface area contributed by atoms with Crippen molar-refractivity contribution in [2.75, 3.05) is 31.4 Å². The third-order valence-electron chi connectivity index (χ3n) is 2.89. The van der Waals surface area contributed by atoms with Crippen LogP contribution in [-0.4, -0.2) is 36.1 Å². The topological polar surface area (TPSA) is 41.6 Å². The molecule has 2 rings (SSSR count). The molecule has 1 atom stereocenters. The van der Waals surface area contributed by atoms with Crippen LogP contribution in [0.15, 0.2) is 36.4 Å². The number of alkyl halides is 2. The van der Waals surface area contributed by atoms with Crippen molar-refractivity contribution in [2.24, 2.45) is 0 Å². The van der Waals surface area contributed by atoms with Gasteiger partial charge in [0.1, 0.15) is 5.76 Å². The molecule has 0 unspecified atom stereocenters. The van der Waals surface area contributed by atoms with E-state index in [0.717, 1.165) is 5.56 Å². The molecule has 20 heavy (non-hydrogen) atoms. The summed E-state index contributed by atoms with van der Waals surface area (Å²) in [5.41, 5.74) is 0.908. The SMILES string of the molecule is O=[P@@]1(NCCCl)OC(c2ccccc2)=CCN1CCCl. The molecular weight excluding hydrogens is 318 g/mol. The molecule has 0 saturated carbocycles. The number of hydrogen-bond donors (Lipinski definition) is 1. The normalized spacial score (nSPS) is 23.2. The summed E-state index contributed by atoms with van der Waals surface area (Å²) in [7, 11) is -3.13. The lowest BCUT2D eigenvalue weighted by atomic mass is 10.2. The number of rotatable bonds is 6. The number of hydrogen-bond acceptors (Lipinski definition) is 2. The Kier molecular flexibility index (Phi) is 5.94. The molecule has 1 N–H and O–H groups in total. The Morgan fingerprint density at radius 1 is 1.25 bits per heavy atom. The van der Waals surface area contributed by atoms with E-state index in [0.29, 0.717) is 37.2 Å². The number of benzene rings is 1. The van der Waals surface area contributed by atoms with Crippen molar-refractivity contribution in [1.29, 1.82) is 0 Å². The molecule has 0 aliphatic carbocycles. The lowest BCUT2D eigenvalue weighted by molar-refractivity contribution is 0.337. The van der Waals surface area contributed by atoms with Gasteiger partial charge < -0.3 is 4.52 Å². The Hall–Kier alpha value is -0.510. The maximum atomic E-state index is 12.9. The minimum absolute atomic E-state index is 0.368. The van der Waals surface area contributed by atoms with E-state index in [4.69, 9.17) is 27.7 Å². The average molecular weight is 335 g/mol. The van der Waals surface area contributed by atoms with Gasteiger partial charge in [-0.05, 0) is 6.08 Å². The molecule has 0 aromatic heterocycles. The van der Waals surface area contributed by atoms with Crippen LogP contribution in [0.4, 0.5) is 0 Å². The molecule has 1 aliphatic rings. The number of nitrogens with zero attached hydrogens (tertiary/aromatic N) is 1. The third-order valence-corrected chi connectivity index (χ3v) is 5.42. The van der Waals surface area contributed by atoms with Crippen molar-refractivity contribution in [3.63, 3.8) is 0 Å². The average Bonchev–Trinajstić information content (AvgIpc) is 2.48. The fourth-order valence-electron chi connectivity index (χ4n) is 1.93. The van der Waals surface area contributed by atoms with Crippen LogP contribution < -0.4 is 5.09 Å². The lowest BCUT2D eigenvalue weighted by Crippen LogP contribution is -2.34. The van der Waals surface area contributed by atoms with Crippen LogP contribution in [0.2, 0.25) is 0 Å². The van der Waals surface area contributed by atoms with E-state index in [2.05, 4.69) is 5.09 Å². The van der Waals surface area contributed by atoms with Gasteiger partial charge in [-0.3, -0.25) is 0 Å². The summed E-state index contributed by atoms with van der Waals surface area (Å²) in [5.74, 6) is 1.39. The summed E-state index contributed by atoms with van der Waals surface area (Å²) < 4.78 is 20.4. The highest BCUT2D eigenvalue weighted by molar-refractivity contribution is 7.54. The molecule has 0 saturated heterocycles. The van der Waals surface area contributed by atoms with E-state index in [1.54, 1.807) is 4.67 Å². The Morgan fingerprint density at radius 3 is 2.65 bits per heavy atom. The summed E-state index contributed by atoms with van der Waals surface area (Å²) in [4.78, 5) is 0. The molecule has 7 heteroatoms. The number of halogens is 2. The molecule has 0 fully saturated rings. The van der Waals surface area contributed by atoms with Crippen LogP contribution >= 0.6 is 30.9 Å². The molecule has 1 aromatic carbocycles. The van der Waals surface area contributed by atoms with Gasteiger partial charge in [-0.15, -0.1) is 23.2 Å². The summed E-state index contributed by atoms with van der Waals surface area (Å²) >= 11 is 11.4. The zero-order valence-electron chi connectivity index (χ0n) is 11.0. The first-order valence-electron chi connectivity index (χ1n) is 6.37. The van der Waals surface area contributed by atoms with E-state index in [1.807, 2.05) is 36.4 Å². The van der Waals surface area contributed by atoms with Crippen molar-refractivity contribution < 1.29 is 9.09 Å². The zero-order chi connectivity index (χ0) is 14.4. The van der Waals surface area contributed by atoms with Gasteiger partial charge in [0, 0.05) is 37.0 Å². The molecule has 4 nitrogen and oxygen atoms in total. The van der Waals surface area contributed by atoms with E-state index in [9.17, 15) is 4.57 Å². The van der Waals surface area contributed by atoms with Crippen LogP contribution in [-0.2, 0) is 9.09 Å².